The molecule has 0 aliphatic heterocycles. The van der Waals surface area contributed by atoms with E-state index in [-0.39, 0.29) is 23.4 Å². The second kappa shape index (κ2) is 6.92. The number of hydrogen-bond acceptors (Lipinski definition) is 2. The van der Waals surface area contributed by atoms with Gasteiger partial charge in [0.2, 0.25) is 0 Å². The van der Waals surface area contributed by atoms with Crippen LogP contribution < -0.4 is 5.43 Å². The molecule has 2 aromatic carbocycles. The van der Waals surface area contributed by atoms with Gasteiger partial charge in [-0.1, -0.05) is 48.0 Å². The van der Waals surface area contributed by atoms with E-state index in [0.29, 0.717) is 21.8 Å². The van der Waals surface area contributed by atoms with Crippen molar-refractivity contribution in [2.24, 2.45) is 0 Å². The molecule has 5 heteroatoms. The average molecular weight is 353 g/mol. The lowest BCUT2D eigenvalue weighted by Gasteiger charge is -2.16. The number of halogens is 2. The Morgan fingerprint density at radius 1 is 1.20 bits per heavy atom. The summed E-state index contributed by atoms with van der Waals surface area (Å²) >= 11 is 6.41. The van der Waals surface area contributed by atoms with Gasteiger partial charge in [0.1, 0.15) is 17.4 Å². The molecule has 25 heavy (non-hydrogen) atoms. The fourth-order valence-corrected chi connectivity index (χ4v) is 2.90. The van der Waals surface area contributed by atoms with Gasteiger partial charge in [0.15, 0.2) is 5.43 Å². The van der Waals surface area contributed by atoms with Crippen LogP contribution in [0.25, 0.3) is 11.3 Å². The topological polar surface area (TPSA) is 45.8 Å². The second-order valence-corrected chi connectivity index (χ2v) is 6.08. The third-order valence-corrected chi connectivity index (χ3v) is 4.52. The second-order valence-electron chi connectivity index (χ2n) is 5.70. The molecular formula is C20H14ClFN2O. The van der Waals surface area contributed by atoms with Gasteiger partial charge >= 0.3 is 0 Å². The van der Waals surface area contributed by atoms with Gasteiger partial charge in [-0.25, -0.2) is 4.39 Å². The van der Waals surface area contributed by atoms with Crippen molar-refractivity contribution in [1.29, 1.82) is 5.26 Å². The van der Waals surface area contributed by atoms with Gasteiger partial charge in [-0.05, 0) is 18.6 Å². The zero-order valence-corrected chi connectivity index (χ0v) is 14.2. The minimum atomic E-state index is -0.389. The van der Waals surface area contributed by atoms with Gasteiger partial charge in [0.05, 0.1) is 17.3 Å². The molecule has 3 aromatic rings. The predicted molar refractivity (Wildman–Crippen MR) is 96.1 cm³/mol. The van der Waals surface area contributed by atoms with Crippen molar-refractivity contribution >= 4 is 11.6 Å². The molecule has 1 heterocycles. The SMILES string of the molecule is Cc1cccc(-c2cc(=O)c(C#N)cn2Cc2ccccc2F)c1Cl. The van der Waals surface area contributed by atoms with Crippen LogP contribution >= 0.6 is 11.6 Å². The summed E-state index contributed by atoms with van der Waals surface area (Å²) in [6.45, 7) is 2.05. The van der Waals surface area contributed by atoms with Crippen molar-refractivity contribution in [2.75, 3.05) is 0 Å². The van der Waals surface area contributed by atoms with Crippen molar-refractivity contribution in [2.45, 2.75) is 13.5 Å². The Morgan fingerprint density at radius 3 is 2.68 bits per heavy atom. The molecule has 0 atom stereocenters. The summed E-state index contributed by atoms with van der Waals surface area (Å²) in [6, 6.07) is 15.2. The summed E-state index contributed by atoms with van der Waals surface area (Å²) in [7, 11) is 0. The molecule has 0 saturated carbocycles. The smallest absolute Gasteiger partial charge is 0.199 e. The Morgan fingerprint density at radius 2 is 1.96 bits per heavy atom. The summed E-state index contributed by atoms with van der Waals surface area (Å²) in [5, 5.41) is 9.68. The molecule has 124 valence electrons. The van der Waals surface area contributed by atoms with Gasteiger partial charge in [-0.2, -0.15) is 5.26 Å². The Kier molecular flexibility index (Phi) is 4.69. The van der Waals surface area contributed by atoms with Gasteiger partial charge in [-0.3, -0.25) is 4.79 Å². The van der Waals surface area contributed by atoms with Crippen LogP contribution in [0.1, 0.15) is 16.7 Å². The summed E-state index contributed by atoms with van der Waals surface area (Å²) < 4.78 is 15.7. The van der Waals surface area contributed by atoms with Gasteiger partial charge in [0, 0.05) is 23.4 Å². The molecule has 0 unspecified atom stereocenters. The van der Waals surface area contributed by atoms with Gasteiger partial charge in [-0.15, -0.1) is 0 Å². The van der Waals surface area contributed by atoms with E-state index >= 15 is 0 Å². The lowest BCUT2D eigenvalue weighted by molar-refractivity contribution is 0.599. The predicted octanol–water partition coefficient (Wildman–Crippen LogP) is 4.54. The Labute approximate surface area is 149 Å². The summed E-state index contributed by atoms with van der Waals surface area (Å²) in [6.07, 6.45) is 1.45. The number of rotatable bonds is 3. The lowest BCUT2D eigenvalue weighted by atomic mass is 10.1. The van der Waals surface area contributed by atoms with E-state index in [1.807, 2.05) is 25.1 Å². The first-order valence-electron chi connectivity index (χ1n) is 7.64. The van der Waals surface area contributed by atoms with Crippen molar-refractivity contribution < 1.29 is 4.39 Å². The first kappa shape index (κ1) is 16.9. The molecule has 0 fully saturated rings. The summed E-state index contributed by atoms with van der Waals surface area (Å²) in [5.41, 5.74) is 2.15. The number of aryl methyl sites for hydroxylation is 1. The number of pyridine rings is 1. The third-order valence-electron chi connectivity index (χ3n) is 4.01. The van der Waals surface area contributed by atoms with Gasteiger partial charge < -0.3 is 4.57 Å². The number of nitrogens with zero attached hydrogens (tertiary/aromatic N) is 2. The summed E-state index contributed by atoms with van der Waals surface area (Å²) in [4.78, 5) is 12.2. The third kappa shape index (κ3) is 3.33. The Hall–Kier alpha value is -2.90. The van der Waals surface area contributed by atoms with Gasteiger partial charge in [0.25, 0.3) is 0 Å². The summed E-state index contributed by atoms with van der Waals surface area (Å²) in [5.74, 6) is -0.346. The van der Waals surface area contributed by atoms with E-state index in [0.717, 1.165) is 5.56 Å². The zero-order valence-electron chi connectivity index (χ0n) is 13.5. The quantitative estimate of drug-likeness (QED) is 0.695. The van der Waals surface area contributed by atoms with Crippen LogP contribution in [0.2, 0.25) is 5.02 Å². The van der Waals surface area contributed by atoms with E-state index in [1.54, 1.807) is 28.8 Å². The van der Waals surface area contributed by atoms with E-state index in [4.69, 9.17) is 16.9 Å². The molecule has 3 nitrogen and oxygen atoms in total. The molecule has 3 rings (SSSR count). The molecule has 0 N–H and O–H groups in total. The fraction of sp³-hybridized carbons (Fsp3) is 0.100. The zero-order chi connectivity index (χ0) is 18.0. The molecule has 0 radical (unpaired) electrons. The number of aromatic nitrogens is 1. The molecular weight excluding hydrogens is 339 g/mol. The van der Waals surface area contributed by atoms with Crippen molar-refractivity contribution in [1.82, 2.24) is 4.57 Å². The molecule has 0 aliphatic rings. The van der Waals surface area contributed by atoms with Crippen molar-refractivity contribution in [3.63, 3.8) is 0 Å². The molecule has 0 spiro atoms. The van der Waals surface area contributed by atoms with Crippen LogP contribution in [0, 0.1) is 24.1 Å². The van der Waals surface area contributed by atoms with E-state index in [9.17, 15) is 9.18 Å². The van der Waals surface area contributed by atoms with Crippen LogP contribution in [-0.2, 0) is 6.54 Å². The Bertz CT molecular complexity index is 1050. The van der Waals surface area contributed by atoms with Crippen LogP contribution in [0.15, 0.2) is 59.5 Å². The van der Waals surface area contributed by atoms with E-state index in [1.165, 1.54) is 18.3 Å². The maximum atomic E-state index is 14.0. The first-order valence-corrected chi connectivity index (χ1v) is 8.02. The first-order chi connectivity index (χ1) is 12.0. The highest BCUT2D eigenvalue weighted by atomic mass is 35.5. The molecule has 0 amide bonds. The molecule has 0 aliphatic carbocycles. The molecule has 0 bridgehead atoms. The van der Waals surface area contributed by atoms with E-state index < -0.39 is 0 Å². The highest BCUT2D eigenvalue weighted by molar-refractivity contribution is 6.34. The molecule has 0 saturated heterocycles. The highest BCUT2D eigenvalue weighted by Gasteiger charge is 2.14. The Balaban J connectivity index is 2.23. The normalized spacial score (nSPS) is 10.5. The van der Waals surface area contributed by atoms with Crippen molar-refractivity contribution in [3.8, 4) is 17.3 Å². The molecule has 1 aromatic heterocycles. The van der Waals surface area contributed by atoms with Crippen LogP contribution in [0.4, 0.5) is 4.39 Å². The van der Waals surface area contributed by atoms with Crippen molar-refractivity contribution in [3.05, 3.63) is 92.5 Å². The van der Waals surface area contributed by atoms with Crippen LogP contribution in [0.3, 0.4) is 0 Å². The average Bonchev–Trinajstić information content (AvgIpc) is 2.60. The number of benzene rings is 2. The van der Waals surface area contributed by atoms with E-state index in [2.05, 4.69) is 0 Å². The number of nitriles is 1. The minimum Gasteiger partial charge on any atom is -0.341 e. The van der Waals surface area contributed by atoms with Crippen LogP contribution in [-0.4, -0.2) is 4.57 Å². The maximum Gasteiger partial charge on any atom is 0.199 e. The fourth-order valence-electron chi connectivity index (χ4n) is 2.68. The maximum absolute atomic E-state index is 14.0. The standard InChI is InChI=1S/C20H14ClFN2O/c1-13-5-4-7-16(20(13)21)18-9-19(25)15(10-23)12-24(18)11-14-6-2-3-8-17(14)22/h2-9,12H,11H2,1H3. The monoisotopic (exact) mass is 352 g/mol. The highest BCUT2D eigenvalue weighted by Crippen LogP contribution is 2.30. The number of hydrogen-bond donors (Lipinski definition) is 0. The largest absolute Gasteiger partial charge is 0.341 e. The lowest BCUT2D eigenvalue weighted by Crippen LogP contribution is -2.14. The minimum absolute atomic E-state index is 0.00358. The van der Waals surface area contributed by atoms with Crippen LogP contribution in [0.5, 0.6) is 0 Å².